The standard InChI is InChI=1S/C6H7N4P/c11-3-6-9-4-1-7-8-2-5(4)10-6/h1-2,7H,3,11H2. The van der Waals surface area contributed by atoms with Gasteiger partial charge in [0.1, 0.15) is 17.2 Å². The van der Waals surface area contributed by atoms with E-state index in [2.05, 4.69) is 29.4 Å². The summed E-state index contributed by atoms with van der Waals surface area (Å²) in [6.07, 6.45) is 4.20. The molecule has 0 saturated carbocycles. The summed E-state index contributed by atoms with van der Waals surface area (Å²) in [5.41, 5.74) is 1.72. The van der Waals surface area contributed by atoms with Crippen LogP contribution in [0.4, 0.5) is 0 Å². The highest BCUT2D eigenvalue weighted by Crippen LogP contribution is 2.16. The molecule has 2 aliphatic heterocycles. The largest absolute Gasteiger partial charge is 0.283 e. The summed E-state index contributed by atoms with van der Waals surface area (Å²) in [4.78, 5) is 8.44. The average molecular weight is 166 g/mol. The van der Waals surface area contributed by atoms with Gasteiger partial charge in [-0.3, -0.25) is 5.10 Å². The van der Waals surface area contributed by atoms with Crippen molar-refractivity contribution in [1.29, 1.82) is 0 Å². The molecule has 11 heavy (non-hydrogen) atoms. The van der Waals surface area contributed by atoms with Crippen LogP contribution in [0.5, 0.6) is 0 Å². The molecule has 0 bridgehead atoms. The summed E-state index contributed by atoms with van der Waals surface area (Å²) in [5, 5.41) is 6.54. The van der Waals surface area contributed by atoms with Crippen molar-refractivity contribution in [1.82, 2.24) is 20.2 Å². The Labute approximate surface area is 66.0 Å². The summed E-state index contributed by atoms with van der Waals surface area (Å²) in [6, 6.07) is 0. The first-order valence-electron chi connectivity index (χ1n) is 3.25. The number of hydrogen-bond donors (Lipinski definition) is 1. The van der Waals surface area contributed by atoms with E-state index in [9.17, 15) is 0 Å². The molecule has 1 N–H and O–H groups in total. The molecule has 2 rings (SSSR count). The molecule has 0 aromatic heterocycles. The van der Waals surface area contributed by atoms with Crippen molar-refractivity contribution in [3.8, 4) is 11.4 Å². The van der Waals surface area contributed by atoms with Crippen LogP contribution >= 0.6 is 9.24 Å². The maximum atomic E-state index is 4.23. The number of H-pyrrole nitrogens is 1. The van der Waals surface area contributed by atoms with Crippen LogP contribution in [0.2, 0.25) is 0 Å². The first-order chi connectivity index (χ1) is 5.40. The lowest BCUT2D eigenvalue weighted by atomic mass is 10.4. The van der Waals surface area contributed by atoms with Gasteiger partial charge < -0.3 is 0 Å². The molecular weight excluding hydrogens is 159 g/mol. The second kappa shape index (κ2) is 2.55. The van der Waals surface area contributed by atoms with Crippen LogP contribution in [0.25, 0.3) is 11.4 Å². The van der Waals surface area contributed by atoms with Crippen molar-refractivity contribution in [3.05, 3.63) is 18.2 Å². The normalized spacial score (nSPS) is 10.6. The van der Waals surface area contributed by atoms with Gasteiger partial charge in [-0.1, -0.05) is 0 Å². The van der Waals surface area contributed by atoms with Gasteiger partial charge in [0.05, 0.1) is 6.20 Å². The number of hydrogen-bond acceptors (Lipinski definition) is 3. The maximum absolute atomic E-state index is 4.23. The van der Waals surface area contributed by atoms with Crippen molar-refractivity contribution < 1.29 is 0 Å². The van der Waals surface area contributed by atoms with E-state index in [4.69, 9.17) is 0 Å². The molecular formula is C6H7N4P. The topological polar surface area (TPSA) is 54.5 Å². The number of fused-ring (bicyclic) bond motifs is 1. The van der Waals surface area contributed by atoms with Crippen molar-refractivity contribution >= 4 is 9.24 Å². The van der Waals surface area contributed by atoms with Crippen LogP contribution in [0.3, 0.4) is 0 Å². The van der Waals surface area contributed by atoms with Crippen molar-refractivity contribution in [3.63, 3.8) is 0 Å². The Kier molecular flexibility index (Phi) is 1.55. The molecule has 2 aliphatic rings. The number of rotatable bonds is 1. The number of aromatic nitrogens is 4. The summed E-state index contributed by atoms with van der Waals surface area (Å²) >= 11 is 0. The van der Waals surface area contributed by atoms with Gasteiger partial charge in [-0.05, 0) is 0 Å². The third-order valence-corrected chi connectivity index (χ3v) is 1.77. The van der Waals surface area contributed by atoms with E-state index in [1.165, 1.54) is 0 Å². The minimum atomic E-state index is 0.786. The second-order valence-corrected chi connectivity index (χ2v) is 2.55. The van der Waals surface area contributed by atoms with Gasteiger partial charge in [0.25, 0.3) is 0 Å². The number of nitrogens with one attached hydrogen (secondary N) is 1. The molecule has 0 aromatic rings. The zero-order valence-electron chi connectivity index (χ0n) is 5.78. The molecule has 4 nitrogen and oxygen atoms in total. The van der Waals surface area contributed by atoms with E-state index in [0.717, 1.165) is 23.4 Å². The third-order valence-electron chi connectivity index (χ3n) is 1.41. The van der Waals surface area contributed by atoms with Crippen molar-refractivity contribution in [2.24, 2.45) is 0 Å². The number of nitrogens with zero attached hydrogens (tertiary/aromatic N) is 3. The lowest BCUT2D eigenvalue weighted by Gasteiger charge is -1.88. The van der Waals surface area contributed by atoms with Gasteiger partial charge in [-0.25, -0.2) is 9.97 Å². The van der Waals surface area contributed by atoms with E-state index < -0.39 is 0 Å². The van der Waals surface area contributed by atoms with Crippen LogP contribution in [-0.2, 0) is 6.16 Å². The molecule has 0 radical (unpaired) electrons. The Morgan fingerprint density at radius 2 is 2.18 bits per heavy atom. The molecule has 0 saturated heterocycles. The summed E-state index contributed by atoms with van der Waals surface area (Å²) in [5.74, 6) is 0.839. The smallest absolute Gasteiger partial charge is 0.133 e. The highest BCUT2D eigenvalue weighted by molar-refractivity contribution is 7.15. The van der Waals surface area contributed by atoms with Gasteiger partial charge in [-0.2, -0.15) is 5.10 Å². The Bertz CT molecular complexity index is 301. The van der Waals surface area contributed by atoms with Crippen molar-refractivity contribution in [2.75, 3.05) is 0 Å². The fraction of sp³-hybridized carbons (Fsp3) is 0.167. The fourth-order valence-corrected chi connectivity index (χ4v) is 1.09. The Morgan fingerprint density at radius 1 is 1.36 bits per heavy atom. The molecule has 0 aromatic carbocycles. The quantitative estimate of drug-likeness (QED) is 0.634. The Morgan fingerprint density at radius 3 is 2.91 bits per heavy atom. The van der Waals surface area contributed by atoms with Gasteiger partial charge in [0, 0.05) is 12.4 Å². The van der Waals surface area contributed by atoms with Gasteiger partial charge in [-0.15, -0.1) is 9.24 Å². The lowest BCUT2D eigenvalue weighted by Crippen LogP contribution is -1.83. The first-order valence-corrected chi connectivity index (χ1v) is 4.07. The van der Waals surface area contributed by atoms with Crippen LogP contribution in [-0.4, -0.2) is 20.2 Å². The summed E-state index contributed by atoms with van der Waals surface area (Å²) < 4.78 is 0. The van der Waals surface area contributed by atoms with E-state index >= 15 is 0 Å². The van der Waals surface area contributed by atoms with Crippen LogP contribution < -0.4 is 0 Å². The molecule has 0 aliphatic carbocycles. The lowest BCUT2D eigenvalue weighted by molar-refractivity contribution is 1.02. The molecule has 0 spiro atoms. The van der Waals surface area contributed by atoms with E-state index in [1.54, 1.807) is 12.4 Å². The molecule has 56 valence electrons. The minimum Gasteiger partial charge on any atom is -0.283 e. The average Bonchev–Trinajstić information content (AvgIpc) is 2.46. The highest BCUT2D eigenvalue weighted by atomic mass is 31.0. The predicted octanol–water partition coefficient (Wildman–Crippen LogP) is 0.680. The maximum Gasteiger partial charge on any atom is 0.133 e. The zero-order chi connectivity index (χ0) is 7.68. The number of aromatic amines is 1. The Hall–Kier alpha value is -1.02. The summed E-state index contributed by atoms with van der Waals surface area (Å²) in [7, 11) is 2.59. The number of imidazole rings is 1. The van der Waals surface area contributed by atoms with Gasteiger partial charge in [0.15, 0.2) is 0 Å². The fourth-order valence-electron chi connectivity index (χ4n) is 0.907. The van der Waals surface area contributed by atoms with E-state index in [-0.39, 0.29) is 0 Å². The zero-order valence-corrected chi connectivity index (χ0v) is 6.94. The Balaban J connectivity index is 2.60. The molecule has 5 heteroatoms. The van der Waals surface area contributed by atoms with E-state index in [1.807, 2.05) is 0 Å². The SMILES string of the molecule is PCc1nc2cn[nH]cc-2n1. The first kappa shape index (κ1) is 6.68. The predicted molar refractivity (Wildman–Crippen MR) is 44.2 cm³/mol. The second-order valence-electron chi connectivity index (χ2n) is 2.15. The molecule has 2 heterocycles. The molecule has 0 fully saturated rings. The van der Waals surface area contributed by atoms with Crippen LogP contribution in [0, 0.1) is 0 Å². The third kappa shape index (κ3) is 1.10. The van der Waals surface area contributed by atoms with Crippen LogP contribution in [0.1, 0.15) is 5.82 Å². The summed E-state index contributed by atoms with van der Waals surface area (Å²) in [6.45, 7) is 0. The highest BCUT2D eigenvalue weighted by Gasteiger charge is 2.07. The van der Waals surface area contributed by atoms with E-state index in [0.29, 0.717) is 0 Å². The van der Waals surface area contributed by atoms with Gasteiger partial charge >= 0.3 is 0 Å². The molecule has 1 atom stereocenters. The van der Waals surface area contributed by atoms with Gasteiger partial charge in [0.2, 0.25) is 0 Å². The monoisotopic (exact) mass is 166 g/mol. The molecule has 1 unspecified atom stereocenters. The van der Waals surface area contributed by atoms with Crippen LogP contribution in [0.15, 0.2) is 12.4 Å². The minimum absolute atomic E-state index is 0.786. The molecule has 0 amide bonds. The van der Waals surface area contributed by atoms with Crippen molar-refractivity contribution in [2.45, 2.75) is 6.16 Å².